The van der Waals surface area contributed by atoms with Gasteiger partial charge in [0.2, 0.25) is 0 Å². The van der Waals surface area contributed by atoms with E-state index in [1.165, 1.54) is 63.8 Å². The van der Waals surface area contributed by atoms with Crippen molar-refractivity contribution in [1.82, 2.24) is 17.2 Å². The molecule has 0 aliphatic rings. The summed E-state index contributed by atoms with van der Waals surface area (Å²) in [6, 6.07) is 5.98. The molecule has 1 rings (SSSR count). The Labute approximate surface area is 237 Å². The van der Waals surface area contributed by atoms with Crippen molar-refractivity contribution >= 4 is 82.3 Å². The summed E-state index contributed by atoms with van der Waals surface area (Å²) in [6.45, 7) is 3.34. The van der Waals surface area contributed by atoms with Gasteiger partial charge in [-0.1, -0.05) is 22.4 Å². The number of carbonyl (C=O) groups excluding carboxylic acids is 4. The molecule has 0 aromatic heterocycles. The molecule has 0 heterocycles. The van der Waals surface area contributed by atoms with Crippen LogP contribution in [0.25, 0.3) is 0 Å². The van der Waals surface area contributed by atoms with Crippen LogP contribution in [-0.2, 0) is 9.68 Å². The summed E-state index contributed by atoms with van der Waals surface area (Å²) < 4.78 is 14.8. The van der Waals surface area contributed by atoms with E-state index in [1.807, 2.05) is 0 Å². The first-order chi connectivity index (χ1) is 17.9. The molecule has 1 aromatic rings. The van der Waals surface area contributed by atoms with Gasteiger partial charge in [-0.3, -0.25) is 9.68 Å². The van der Waals surface area contributed by atoms with E-state index in [0.717, 1.165) is 17.2 Å². The third-order valence-electron chi connectivity index (χ3n) is 3.86. The Morgan fingerprint density at radius 3 is 1.26 bits per heavy atom. The third kappa shape index (κ3) is 11.6. The van der Waals surface area contributed by atoms with Gasteiger partial charge in [-0.2, -0.15) is 0 Å². The standard InChI is InChI=1S/C20H28N6O8S4/c1-13(35-7)21-33-19(29)25(5)37-23(3)17(27)31-15-11-9-10-12-16(15)32-18(28)24(4)38-26(6)20(30)34-22-14(2)36-8/h9-12H,1-8H3. The van der Waals surface area contributed by atoms with E-state index in [9.17, 15) is 19.2 Å². The number of rotatable bonds is 8. The molecule has 0 bridgehead atoms. The monoisotopic (exact) mass is 608 g/mol. The van der Waals surface area contributed by atoms with Crippen LogP contribution in [0.5, 0.6) is 11.5 Å². The average molecular weight is 609 g/mol. The molecule has 1 aromatic carbocycles. The molecule has 0 N–H and O–H groups in total. The van der Waals surface area contributed by atoms with Crippen molar-refractivity contribution in [3.63, 3.8) is 0 Å². The maximum Gasteiger partial charge on any atom is 0.447 e. The van der Waals surface area contributed by atoms with Crippen LogP contribution in [0.4, 0.5) is 19.2 Å². The topological polar surface area (TPSA) is 143 Å². The Hall–Kier alpha value is -2.96. The van der Waals surface area contributed by atoms with Crippen LogP contribution in [0.1, 0.15) is 13.8 Å². The van der Waals surface area contributed by atoms with Crippen molar-refractivity contribution in [2.45, 2.75) is 13.8 Å². The zero-order valence-electron chi connectivity index (χ0n) is 21.9. The van der Waals surface area contributed by atoms with Crippen LogP contribution in [0.2, 0.25) is 0 Å². The second-order valence-electron chi connectivity index (χ2n) is 6.68. The maximum absolute atomic E-state index is 12.6. The fourth-order valence-electron chi connectivity index (χ4n) is 1.83. The Bertz CT molecular complexity index is 979. The maximum atomic E-state index is 12.6. The highest BCUT2D eigenvalue weighted by molar-refractivity contribution is 8.13. The van der Waals surface area contributed by atoms with E-state index >= 15 is 0 Å². The van der Waals surface area contributed by atoms with Crippen LogP contribution in [0.3, 0.4) is 0 Å². The Morgan fingerprint density at radius 1 is 0.632 bits per heavy atom. The number of para-hydroxylation sites is 2. The summed E-state index contributed by atoms with van der Waals surface area (Å²) in [5, 5.41) is 8.36. The van der Waals surface area contributed by atoms with Crippen LogP contribution >= 0.6 is 47.8 Å². The predicted octanol–water partition coefficient (Wildman–Crippen LogP) is 5.20. The lowest BCUT2D eigenvalue weighted by Gasteiger charge is -2.22. The number of amides is 4. The molecule has 0 aliphatic heterocycles. The Balaban J connectivity index is 2.74. The molecule has 210 valence electrons. The van der Waals surface area contributed by atoms with Crippen molar-refractivity contribution in [2.24, 2.45) is 10.3 Å². The van der Waals surface area contributed by atoms with Crippen LogP contribution in [0.15, 0.2) is 34.6 Å². The van der Waals surface area contributed by atoms with Gasteiger partial charge in [0.15, 0.2) is 11.5 Å². The number of thioether (sulfide) groups is 2. The van der Waals surface area contributed by atoms with Gasteiger partial charge in [0.1, 0.15) is 10.1 Å². The lowest BCUT2D eigenvalue weighted by Crippen LogP contribution is -2.31. The normalized spacial score (nSPS) is 11.3. The number of ether oxygens (including phenoxy) is 2. The van der Waals surface area contributed by atoms with Crippen molar-refractivity contribution in [2.75, 3.05) is 40.7 Å². The van der Waals surface area contributed by atoms with E-state index in [-0.39, 0.29) is 11.5 Å². The fraction of sp³-hybridized carbons (Fsp3) is 0.400. The van der Waals surface area contributed by atoms with Gasteiger partial charge in [-0.05, 0) is 38.5 Å². The summed E-state index contributed by atoms with van der Waals surface area (Å²) in [4.78, 5) is 58.6. The summed E-state index contributed by atoms with van der Waals surface area (Å²) in [5.74, 6) is -0.117. The minimum absolute atomic E-state index is 0.0585. The number of benzene rings is 1. The number of hydrogen-bond donors (Lipinski definition) is 0. The van der Waals surface area contributed by atoms with Crippen molar-refractivity contribution < 1.29 is 38.3 Å². The molecule has 0 saturated heterocycles. The fourth-order valence-corrected chi connectivity index (χ4v) is 3.20. The van der Waals surface area contributed by atoms with Crippen LogP contribution in [-0.4, -0.2) is 92.4 Å². The third-order valence-corrected chi connectivity index (χ3v) is 6.76. The van der Waals surface area contributed by atoms with E-state index < -0.39 is 24.4 Å². The highest BCUT2D eigenvalue weighted by Gasteiger charge is 2.23. The first-order valence-electron chi connectivity index (χ1n) is 10.3. The van der Waals surface area contributed by atoms with Gasteiger partial charge < -0.3 is 9.47 Å². The van der Waals surface area contributed by atoms with Crippen molar-refractivity contribution in [3.05, 3.63) is 24.3 Å². The predicted molar refractivity (Wildman–Crippen MR) is 151 cm³/mol. The summed E-state index contributed by atoms with van der Waals surface area (Å²) in [7, 11) is 5.50. The number of oxime groups is 2. The molecule has 38 heavy (non-hydrogen) atoms. The van der Waals surface area contributed by atoms with Gasteiger partial charge >= 0.3 is 24.4 Å². The van der Waals surface area contributed by atoms with E-state index in [4.69, 9.17) is 19.1 Å². The number of nitrogens with zero attached hydrogens (tertiary/aromatic N) is 6. The molecule has 0 saturated carbocycles. The molecular formula is C20H28N6O8S4. The second kappa shape index (κ2) is 16.8. The molecule has 4 amide bonds. The average Bonchev–Trinajstić information content (AvgIpc) is 2.90. The molecule has 0 unspecified atom stereocenters. The molecular weight excluding hydrogens is 581 g/mol. The lowest BCUT2D eigenvalue weighted by atomic mass is 10.3. The summed E-state index contributed by atoms with van der Waals surface area (Å²) in [5.41, 5.74) is 0. The summed E-state index contributed by atoms with van der Waals surface area (Å²) in [6.07, 6.45) is 0.207. The molecule has 0 spiro atoms. The van der Waals surface area contributed by atoms with E-state index in [2.05, 4.69) is 10.3 Å². The SMILES string of the molecule is CSC(C)=NOC(=O)N(C)SN(C)C(=O)Oc1ccccc1OC(=O)N(C)SN(C)C(=O)ON=C(C)SC. The largest absolute Gasteiger partial charge is 0.447 e. The first kappa shape index (κ1) is 33.1. The molecule has 0 atom stereocenters. The zero-order valence-corrected chi connectivity index (χ0v) is 25.2. The molecule has 0 aliphatic carbocycles. The molecule has 14 nitrogen and oxygen atoms in total. The molecule has 0 radical (unpaired) electrons. The minimum Gasteiger partial charge on any atom is -0.406 e. The van der Waals surface area contributed by atoms with Crippen LogP contribution < -0.4 is 9.47 Å². The smallest absolute Gasteiger partial charge is 0.406 e. The van der Waals surface area contributed by atoms with Gasteiger partial charge in [-0.15, -0.1) is 23.5 Å². The second-order valence-corrected chi connectivity index (χ2v) is 11.2. The van der Waals surface area contributed by atoms with Gasteiger partial charge in [-0.25, -0.2) is 36.4 Å². The van der Waals surface area contributed by atoms with Gasteiger partial charge in [0.25, 0.3) is 0 Å². The number of carbonyl (C=O) groups is 4. The Kier molecular flexibility index (Phi) is 14.6. The molecule has 18 heteroatoms. The first-order valence-corrected chi connectivity index (χ1v) is 14.2. The van der Waals surface area contributed by atoms with E-state index in [1.54, 1.807) is 38.5 Å². The lowest BCUT2D eigenvalue weighted by molar-refractivity contribution is 0.135. The van der Waals surface area contributed by atoms with Gasteiger partial charge in [0.05, 0.1) is 24.3 Å². The number of hydrogen-bond acceptors (Lipinski definition) is 14. The van der Waals surface area contributed by atoms with Crippen molar-refractivity contribution in [3.8, 4) is 11.5 Å². The van der Waals surface area contributed by atoms with E-state index in [0.29, 0.717) is 34.4 Å². The van der Waals surface area contributed by atoms with Crippen LogP contribution in [0, 0.1) is 0 Å². The van der Waals surface area contributed by atoms with Crippen molar-refractivity contribution in [1.29, 1.82) is 0 Å². The van der Waals surface area contributed by atoms with Gasteiger partial charge in [0, 0.05) is 28.2 Å². The zero-order chi connectivity index (χ0) is 28.8. The highest BCUT2D eigenvalue weighted by Crippen LogP contribution is 2.29. The minimum atomic E-state index is -0.867. The molecule has 0 fully saturated rings. The quantitative estimate of drug-likeness (QED) is 0.126. The highest BCUT2D eigenvalue weighted by atomic mass is 32.2. The Morgan fingerprint density at radius 2 is 0.947 bits per heavy atom. The summed E-state index contributed by atoms with van der Waals surface area (Å²) >= 11 is 4.01.